The van der Waals surface area contributed by atoms with E-state index in [-0.39, 0.29) is 5.76 Å². The summed E-state index contributed by atoms with van der Waals surface area (Å²) in [5.41, 5.74) is 0.508. The molecule has 0 spiro atoms. The molecule has 0 fully saturated rings. The van der Waals surface area contributed by atoms with Gasteiger partial charge in [-0.2, -0.15) is 0 Å². The first-order chi connectivity index (χ1) is 12.0. The second-order valence-corrected chi connectivity index (χ2v) is 5.12. The van der Waals surface area contributed by atoms with E-state index in [1.54, 1.807) is 30.5 Å². The van der Waals surface area contributed by atoms with Crippen LogP contribution in [0.1, 0.15) is 16.4 Å². The molecule has 0 saturated heterocycles. The number of nitrogens with one attached hydrogen (secondary N) is 1. The van der Waals surface area contributed by atoms with Gasteiger partial charge in [0.2, 0.25) is 0 Å². The van der Waals surface area contributed by atoms with Crippen molar-refractivity contribution in [2.24, 2.45) is 7.05 Å². The van der Waals surface area contributed by atoms with Gasteiger partial charge in [-0.3, -0.25) is 14.9 Å². The Morgan fingerprint density at radius 2 is 2.08 bits per heavy atom. The van der Waals surface area contributed by atoms with Gasteiger partial charge < -0.3 is 19.0 Å². The van der Waals surface area contributed by atoms with Crippen molar-refractivity contribution in [2.45, 2.75) is 6.61 Å². The Bertz CT molecular complexity index is 897. The maximum Gasteiger partial charge on any atom is 0.433 e. The molecule has 0 bridgehead atoms. The van der Waals surface area contributed by atoms with Crippen LogP contribution in [0.5, 0.6) is 5.75 Å². The number of amides is 1. The first-order valence-corrected chi connectivity index (χ1v) is 7.27. The zero-order chi connectivity index (χ0) is 17.8. The molecule has 3 rings (SSSR count). The van der Waals surface area contributed by atoms with Crippen molar-refractivity contribution in [3.05, 3.63) is 70.5 Å². The normalized spacial score (nSPS) is 10.4. The molecule has 0 radical (unpaired) electrons. The number of imidazole rings is 1. The lowest BCUT2D eigenvalue weighted by molar-refractivity contribution is -0.402. The van der Waals surface area contributed by atoms with Crippen LogP contribution in [0.25, 0.3) is 0 Å². The summed E-state index contributed by atoms with van der Waals surface area (Å²) in [6.07, 6.45) is 3.52. The summed E-state index contributed by atoms with van der Waals surface area (Å²) < 4.78 is 12.3. The lowest BCUT2D eigenvalue weighted by atomic mass is 10.3. The van der Waals surface area contributed by atoms with Crippen LogP contribution in [0.3, 0.4) is 0 Å². The van der Waals surface area contributed by atoms with Gasteiger partial charge in [0.15, 0.2) is 5.76 Å². The lowest BCUT2D eigenvalue weighted by Gasteiger charge is -2.07. The molecule has 9 heteroatoms. The molecular formula is C16H14N4O5. The van der Waals surface area contributed by atoms with E-state index in [0.717, 1.165) is 11.9 Å². The van der Waals surface area contributed by atoms with Gasteiger partial charge in [-0.1, -0.05) is 0 Å². The third kappa shape index (κ3) is 3.83. The fraction of sp³-hybridized carbons (Fsp3) is 0.125. The summed E-state index contributed by atoms with van der Waals surface area (Å²) in [6.45, 7) is 0.325. The van der Waals surface area contributed by atoms with Crippen LogP contribution in [-0.2, 0) is 13.7 Å². The van der Waals surface area contributed by atoms with E-state index in [4.69, 9.17) is 9.15 Å². The molecule has 1 N–H and O–H groups in total. The Morgan fingerprint density at radius 3 is 2.68 bits per heavy atom. The first kappa shape index (κ1) is 16.2. The summed E-state index contributed by atoms with van der Waals surface area (Å²) in [5, 5.41) is 13.1. The highest BCUT2D eigenvalue weighted by molar-refractivity contribution is 6.02. The Labute approximate surface area is 142 Å². The highest BCUT2D eigenvalue weighted by Gasteiger charge is 2.17. The molecule has 0 saturated carbocycles. The largest absolute Gasteiger partial charge is 0.486 e. The van der Waals surface area contributed by atoms with Crippen LogP contribution in [0.2, 0.25) is 0 Å². The number of aryl methyl sites for hydroxylation is 1. The number of benzene rings is 1. The maximum absolute atomic E-state index is 12.0. The SMILES string of the molecule is Cn1ccnc1COc1ccc(NC(=O)c2ccc([N+](=O)[O-])o2)cc1. The number of anilines is 1. The van der Waals surface area contributed by atoms with Gasteiger partial charge in [-0.15, -0.1) is 0 Å². The van der Waals surface area contributed by atoms with Gasteiger partial charge in [0.1, 0.15) is 23.1 Å². The number of carbonyl (C=O) groups excluding carboxylic acids is 1. The molecule has 1 amide bonds. The number of ether oxygens (including phenoxy) is 1. The molecular weight excluding hydrogens is 328 g/mol. The molecule has 9 nitrogen and oxygen atoms in total. The molecule has 2 heterocycles. The van der Waals surface area contributed by atoms with Crippen molar-refractivity contribution in [1.29, 1.82) is 0 Å². The maximum atomic E-state index is 12.0. The lowest BCUT2D eigenvalue weighted by Crippen LogP contribution is -2.10. The van der Waals surface area contributed by atoms with Gasteiger partial charge in [0.25, 0.3) is 5.91 Å². The summed E-state index contributed by atoms with van der Waals surface area (Å²) >= 11 is 0. The quantitative estimate of drug-likeness (QED) is 0.544. The van der Waals surface area contributed by atoms with E-state index in [1.165, 1.54) is 6.07 Å². The number of nitro groups is 1. The Balaban J connectivity index is 1.59. The Morgan fingerprint density at radius 1 is 1.32 bits per heavy atom. The van der Waals surface area contributed by atoms with Gasteiger partial charge >= 0.3 is 5.88 Å². The predicted molar refractivity (Wildman–Crippen MR) is 87.3 cm³/mol. The second-order valence-electron chi connectivity index (χ2n) is 5.12. The number of carbonyl (C=O) groups is 1. The van der Waals surface area contributed by atoms with Crippen molar-refractivity contribution < 1.29 is 18.9 Å². The van der Waals surface area contributed by atoms with Gasteiger partial charge in [-0.05, 0) is 30.3 Å². The molecule has 0 aliphatic rings. The molecule has 0 aliphatic carbocycles. The fourth-order valence-corrected chi connectivity index (χ4v) is 2.06. The molecule has 2 aromatic heterocycles. The van der Waals surface area contributed by atoms with Crippen molar-refractivity contribution in [2.75, 3.05) is 5.32 Å². The third-order valence-corrected chi connectivity index (χ3v) is 3.40. The predicted octanol–water partition coefficient (Wildman–Crippen LogP) is 2.75. The fourth-order valence-electron chi connectivity index (χ4n) is 2.06. The van der Waals surface area contributed by atoms with Crippen LogP contribution in [0.15, 0.2) is 53.2 Å². The van der Waals surface area contributed by atoms with Crippen LogP contribution < -0.4 is 10.1 Å². The molecule has 128 valence electrons. The highest BCUT2D eigenvalue weighted by atomic mass is 16.6. The van der Waals surface area contributed by atoms with Crippen molar-refractivity contribution in [3.8, 4) is 5.75 Å². The molecule has 1 aromatic carbocycles. The van der Waals surface area contributed by atoms with Gasteiger partial charge in [-0.25, -0.2) is 4.98 Å². The minimum atomic E-state index is -0.704. The van der Waals surface area contributed by atoms with Gasteiger partial charge in [0, 0.05) is 25.1 Å². The molecule has 0 unspecified atom stereocenters. The summed E-state index contributed by atoms with van der Waals surface area (Å²) in [4.78, 5) is 26.0. The average molecular weight is 342 g/mol. The summed E-state index contributed by atoms with van der Waals surface area (Å²) in [5.74, 6) is 0.214. The molecule has 3 aromatic rings. The minimum Gasteiger partial charge on any atom is -0.486 e. The number of hydrogen-bond donors (Lipinski definition) is 1. The topological polar surface area (TPSA) is 112 Å². The van der Waals surface area contributed by atoms with E-state index in [2.05, 4.69) is 10.3 Å². The molecule has 0 aliphatic heterocycles. The minimum absolute atomic E-state index is 0.137. The molecule has 25 heavy (non-hydrogen) atoms. The van der Waals surface area contributed by atoms with E-state index < -0.39 is 16.7 Å². The number of nitrogens with zero attached hydrogens (tertiary/aromatic N) is 3. The zero-order valence-electron chi connectivity index (χ0n) is 13.2. The summed E-state index contributed by atoms with van der Waals surface area (Å²) in [7, 11) is 1.88. The standard InChI is InChI=1S/C16H14N4O5/c1-19-9-8-17-14(19)10-24-12-4-2-11(3-5-12)18-16(21)13-6-7-15(25-13)20(22)23/h2-9H,10H2,1H3,(H,18,21). The van der Waals surface area contributed by atoms with E-state index >= 15 is 0 Å². The van der Waals surface area contributed by atoms with Crippen LogP contribution in [0, 0.1) is 10.1 Å². The number of rotatable bonds is 6. The van der Waals surface area contributed by atoms with Crippen LogP contribution in [0.4, 0.5) is 11.6 Å². The number of aromatic nitrogens is 2. The monoisotopic (exact) mass is 342 g/mol. The van der Waals surface area contributed by atoms with Crippen molar-refractivity contribution in [3.63, 3.8) is 0 Å². The van der Waals surface area contributed by atoms with Crippen molar-refractivity contribution >= 4 is 17.5 Å². The Kier molecular flexibility index (Phi) is 4.46. The van der Waals surface area contributed by atoms with Crippen LogP contribution >= 0.6 is 0 Å². The Hall–Kier alpha value is -3.62. The van der Waals surface area contributed by atoms with E-state index in [0.29, 0.717) is 18.0 Å². The highest BCUT2D eigenvalue weighted by Crippen LogP contribution is 2.19. The van der Waals surface area contributed by atoms with Crippen molar-refractivity contribution in [1.82, 2.24) is 9.55 Å². The van der Waals surface area contributed by atoms with E-state index in [9.17, 15) is 14.9 Å². The van der Waals surface area contributed by atoms with E-state index in [1.807, 2.05) is 17.8 Å². The smallest absolute Gasteiger partial charge is 0.433 e. The number of hydrogen-bond acceptors (Lipinski definition) is 6. The molecule has 0 atom stereocenters. The average Bonchev–Trinajstić information content (AvgIpc) is 3.23. The summed E-state index contributed by atoms with van der Waals surface area (Å²) in [6, 6.07) is 9.08. The third-order valence-electron chi connectivity index (χ3n) is 3.40. The van der Waals surface area contributed by atoms with Crippen LogP contribution in [-0.4, -0.2) is 20.4 Å². The van der Waals surface area contributed by atoms with Gasteiger partial charge in [0.05, 0.1) is 6.07 Å². The number of furan rings is 1. The zero-order valence-corrected chi connectivity index (χ0v) is 13.2. The second kappa shape index (κ2) is 6.87. The first-order valence-electron chi connectivity index (χ1n) is 7.27.